The van der Waals surface area contributed by atoms with E-state index < -0.39 is 0 Å². The van der Waals surface area contributed by atoms with E-state index in [2.05, 4.69) is 39.0 Å². The molecule has 0 aromatic rings. The molecule has 1 amide bonds. The molecule has 0 spiro atoms. The highest BCUT2D eigenvalue weighted by atomic mass is 127. The first kappa shape index (κ1) is 22.5. The molecule has 1 aliphatic carbocycles. The Morgan fingerprint density at radius 2 is 1.92 bits per heavy atom. The fourth-order valence-electron chi connectivity index (χ4n) is 3.32. The van der Waals surface area contributed by atoms with Gasteiger partial charge in [-0.15, -0.1) is 24.0 Å². The molecule has 25 heavy (non-hydrogen) atoms. The Bertz CT molecular complexity index is 420. The molecule has 1 N–H and O–H groups in total. The van der Waals surface area contributed by atoms with Gasteiger partial charge >= 0.3 is 0 Å². The molecule has 0 unspecified atom stereocenters. The van der Waals surface area contributed by atoms with Crippen molar-refractivity contribution in [3.05, 3.63) is 0 Å². The number of hydrogen-bond donors (Lipinski definition) is 1. The number of nitrogens with zero attached hydrogens (tertiary/aromatic N) is 4. The van der Waals surface area contributed by atoms with Gasteiger partial charge in [0.2, 0.25) is 5.91 Å². The molecule has 0 atom stereocenters. The van der Waals surface area contributed by atoms with Gasteiger partial charge in [0.15, 0.2) is 5.96 Å². The number of carbonyl (C=O) groups is 1. The number of aliphatic imine (C=N–C) groups is 1. The van der Waals surface area contributed by atoms with Crippen molar-refractivity contribution in [2.75, 3.05) is 59.9 Å². The van der Waals surface area contributed by atoms with E-state index >= 15 is 0 Å². The molecule has 2 fully saturated rings. The summed E-state index contributed by atoms with van der Waals surface area (Å²) in [5.41, 5.74) is 0. The Kier molecular flexibility index (Phi) is 10.7. The largest absolute Gasteiger partial charge is 0.355 e. The second-order valence-electron chi connectivity index (χ2n) is 7.04. The summed E-state index contributed by atoms with van der Waals surface area (Å²) in [6.07, 6.45) is 5.83. The van der Waals surface area contributed by atoms with Gasteiger partial charge in [-0.05, 0) is 19.3 Å². The van der Waals surface area contributed by atoms with Gasteiger partial charge < -0.3 is 15.1 Å². The predicted octanol–water partition coefficient (Wildman–Crippen LogP) is 1.86. The van der Waals surface area contributed by atoms with Gasteiger partial charge in [0, 0.05) is 65.8 Å². The molecule has 1 saturated carbocycles. The maximum Gasteiger partial charge on any atom is 0.225 e. The fourth-order valence-corrected chi connectivity index (χ4v) is 3.32. The summed E-state index contributed by atoms with van der Waals surface area (Å²) < 4.78 is 0. The summed E-state index contributed by atoms with van der Waals surface area (Å²) in [7, 11) is 3.94. The number of piperazine rings is 1. The minimum atomic E-state index is 0. The summed E-state index contributed by atoms with van der Waals surface area (Å²) in [6, 6.07) is 0. The first-order valence-corrected chi connectivity index (χ1v) is 9.58. The fraction of sp³-hybridized carbons (Fsp3) is 0.889. The lowest BCUT2D eigenvalue weighted by Crippen LogP contribution is -2.52. The molecule has 1 heterocycles. The van der Waals surface area contributed by atoms with Crippen LogP contribution in [0, 0.1) is 5.92 Å². The van der Waals surface area contributed by atoms with E-state index in [0.717, 1.165) is 64.6 Å². The molecule has 0 radical (unpaired) electrons. The highest BCUT2D eigenvalue weighted by molar-refractivity contribution is 14.0. The van der Waals surface area contributed by atoms with Crippen LogP contribution in [0.2, 0.25) is 0 Å². The second-order valence-corrected chi connectivity index (χ2v) is 7.04. The third-order valence-corrected chi connectivity index (χ3v) is 5.27. The van der Waals surface area contributed by atoms with Crippen LogP contribution in [0.1, 0.15) is 39.0 Å². The summed E-state index contributed by atoms with van der Waals surface area (Å²) >= 11 is 0. The minimum Gasteiger partial charge on any atom is -0.355 e. The van der Waals surface area contributed by atoms with Crippen molar-refractivity contribution in [2.45, 2.75) is 39.0 Å². The lowest BCUT2D eigenvalue weighted by Gasteiger charge is -2.38. The standard InChI is InChI=1S/C18H35N5O.HI/c1-4-5-10-21(3)18(19-2)20-9-11-22-12-14-23(15-13-22)17(24)16-7-6-8-16;/h16H,4-15H2,1-3H3,(H,19,20);1H. The van der Waals surface area contributed by atoms with Crippen molar-refractivity contribution < 1.29 is 4.79 Å². The Hall–Kier alpha value is -0.570. The number of hydrogen-bond acceptors (Lipinski definition) is 3. The van der Waals surface area contributed by atoms with Crippen LogP contribution in [0.15, 0.2) is 4.99 Å². The van der Waals surface area contributed by atoms with E-state index in [1.54, 1.807) is 0 Å². The van der Waals surface area contributed by atoms with E-state index in [4.69, 9.17) is 0 Å². The number of rotatable bonds is 7. The van der Waals surface area contributed by atoms with Gasteiger partial charge in [-0.2, -0.15) is 0 Å². The lowest BCUT2D eigenvalue weighted by atomic mass is 9.84. The lowest BCUT2D eigenvalue weighted by molar-refractivity contribution is -0.139. The van der Waals surface area contributed by atoms with E-state index in [9.17, 15) is 4.79 Å². The second kappa shape index (κ2) is 11.9. The molecule has 146 valence electrons. The number of unbranched alkanes of at least 4 members (excludes halogenated alkanes) is 1. The Labute approximate surface area is 170 Å². The van der Waals surface area contributed by atoms with Gasteiger partial charge in [-0.3, -0.25) is 14.7 Å². The topological polar surface area (TPSA) is 51.2 Å². The Balaban J connectivity index is 0.00000312. The van der Waals surface area contributed by atoms with Crippen LogP contribution >= 0.6 is 24.0 Å². The van der Waals surface area contributed by atoms with Gasteiger partial charge in [0.05, 0.1) is 0 Å². The Morgan fingerprint density at radius 1 is 1.24 bits per heavy atom. The van der Waals surface area contributed by atoms with Crippen molar-refractivity contribution in [1.29, 1.82) is 0 Å². The monoisotopic (exact) mass is 465 g/mol. The van der Waals surface area contributed by atoms with E-state index in [-0.39, 0.29) is 24.0 Å². The number of halogens is 1. The maximum absolute atomic E-state index is 12.3. The van der Waals surface area contributed by atoms with E-state index in [0.29, 0.717) is 11.8 Å². The number of nitrogens with one attached hydrogen (secondary N) is 1. The average Bonchev–Trinajstić information content (AvgIpc) is 2.55. The summed E-state index contributed by atoms with van der Waals surface area (Å²) in [5.74, 6) is 1.71. The number of carbonyl (C=O) groups excluding carboxylic acids is 1. The first-order valence-electron chi connectivity index (χ1n) is 9.58. The summed E-state index contributed by atoms with van der Waals surface area (Å²) in [4.78, 5) is 23.3. The van der Waals surface area contributed by atoms with E-state index in [1.165, 1.54) is 19.3 Å². The van der Waals surface area contributed by atoms with Crippen molar-refractivity contribution in [3.63, 3.8) is 0 Å². The minimum absolute atomic E-state index is 0. The van der Waals surface area contributed by atoms with Gasteiger partial charge in [0.1, 0.15) is 0 Å². The van der Waals surface area contributed by atoms with Crippen LogP contribution in [0.4, 0.5) is 0 Å². The predicted molar refractivity (Wildman–Crippen MR) is 115 cm³/mol. The zero-order valence-electron chi connectivity index (χ0n) is 16.2. The van der Waals surface area contributed by atoms with Crippen LogP contribution in [-0.2, 0) is 4.79 Å². The van der Waals surface area contributed by atoms with Crippen molar-refractivity contribution in [3.8, 4) is 0 Å². The third-order valence-electron chi connectivity index (χ3n) is 5.27. The zero-order valence-corrected chi connectivity index (χ0v) is 18.5. The summed E-state index contributed by atoms with van der Waals surface area (Å²) in [5, 5.41) is 3.45. The van der Waals surface area contributed by atoms with Gasteiger partial charge in [-0.1, -0.05) is 19.8 Å². The first-order chi connectivity index (χ1) is 11.7. The van der Waals surface area contributed by atoms with Crippen LogP contribution in [0.5, 0.6) is 0 Å². The molecule has 0 bridgehead atoms. The van der Waals surface area contributed by atoms with Gasteiger partial charge in [-0.25, -0.2) is 0 Å². The normalized spacial score (nSPS) is 19.2. The Morgan fingerprint density at radius 3 is 2.44 bits per heavy atom. The molecule has 2 rings (SSSR count). The molecule has 6 nitrogen and oxygen atoms in total. The highest BCUT2D eigenvalue weighted by Gasteiger charge is 2.30. The quantitative estimate of drug-likeness (QED) is 0.354. The van der Waals surface area contributed by atoms with Crippen LogP contribution < -0.4 is 5.32 Å². The van der Waals surface area contributed by atoms with Crippen molar-refractivity contribution in [2.24, 2.45) is 10.9 Å². The van der Waals surface area contributed by atoms with Crippen LogP contribution in [0.25, 0.3) is 0 Å². The molecular formula is C18H36IN5O. The summed E-state index contributed by atoms with van der Waals surface area (Å²) in [6.45, 7) is 8.92. The molecule has 2 aliphatic rings. The highest BCUT2D eigenvalue weighted by Crippen LogP contribution is 2.28. The molecule has 0 aromatic heterocycles. The third kappa shape index (κ3) is 6.92. The number of guanidine groups is 1. The van der Waals surface area contributed by atoms with Crippen LogP contribution in [-0.4, -0.2) is 86.5 Å². The van der Waals surface area contributed by atoms with E-state index in [1.807, 2.05) is 7.05 Å². The molecular weight excluding hydrogens is 429 g/mol. The SMILES string of the molecule is CCCCN(C)C(=NC)NCCN1CCN(C(=O)C2CCC2)CC1.I. The molecule has 7 heteroatoms. The maximum atomic E-state index is 12.3. The van der Waals surface area contributed by atoms with Crippen LogP contribution in [0.3, 0.4) is 0 Å². The molecule has 0 aromatic carbocycles. The smallest absolute Gasteiger partial charge is 0.225 e. The van der Waals surface area contributed by atoms with Crippen molar-refractivity contribution >= 4 is 35.8 Å². The molecule has 1 aliphatic heterocycles. The zero-order chi connectivity index (χ0) is 17.4. The average molecular weight is 465 g/mol. The van der Waals surface area contributed by atoms with Gasteiger partial charge in [0.25, 0.3) is 0 Å². The molecule has 1 saturated heterocycles. The number of amides is 1. The van der Waals surface area contributed by atoms with Crippen molar-refractivity contribution in [1.82, 2.24) is 20.0 Å².